The molecule has 0 aromatic heterocycles. The van der Waals surface area contributed by atoms with Gasteiger partial charge in [0.25, 0.3) is 0 Å². The van der Waals surface area contributed by atoms with Gasteiger partial charge in [0, 0.05) is 17.1 Å². The Morgan fingerprint density at radius 2 is 1.80 bits per heavy atom. The van der Waals surface area contributed by atoms with E-state index in [-0.39, 0.29) is 5.91 Å². The first-order valence-electron chi connectivity index (χ1n) is 8.48. The van der Waals surface area contributed by atoms with Gasteiger partial charge in [-0.15, -0.1) is 0 Å². The highest BCUT2D eigenvalue weighted by atomic mass is 35.5. The lowest BCUT2D eigenvalue weighted by Gasteiger charge is -2.13. The summed E-state index contributed by atoms with van der Waals surface area (Å²) in [5.74, 6) is 1.40. The fourth-order valence-electron chi connectivity index (χ4n) is 2.46. The Hall–Kier alpha value is -2.20. The molecule has 4 nitrogen and oxygen atoms in total. The summed E-state index contributed by atoms with van der Waals surface area (Å²) >= 11 is 6.08. The highest BCUT2D eigenvalue weighted by Gasteiger charge is 2.10. The summed E-state index contributed by atoms with van der Waals surface area (Å²) in [5, 5.41) is 3.56. The van der Waals surface area contributed by atoms with Gasteiger partial charge in [-0.25, -0.2) is 0 Å². The summed E-state index contributed by atoms with van der Waals surface area (Å²) in [6, 6.07) is 11.3. The van der Waals surface area contributed by atoms with Crippen molar-refractivity contribution in [2.45, 2.75) is 33.6 Å². The number of anilines is 1. The van der Waals surface area contributed by atoms with Crippen molar-refractivity contribution in [1.29, 1.82) is 0 Å². The number of hydrogen-bond donors (Lipinski definition) is 1. The molecule has 0 aliphatic heterocycles. The van der Waals surface area contributed by atoms with Crippen LogP contribution >= 0.6 is 11.6 Å². The molecule has 0 saturated heterocycles. The van der Waals surface area contributed by atoms with E-state index in [0.29, 0.717) is 36.8 Å². The molecule has 0 atom stereocenters. The molecule has 1 N–H and O–H groups in total. The third-order valence-corrected chi connectivity index (χ3v) is 4.20. The molecule has 1 amide bonds. The van der Waals surface area contributed by atoms with Crippen LogP contribution in [0.15, 0.2) is 36.4 Å². The largest absolute Gasteiger partial charge is 0.490 e. The quantitative estimate of drug-likeness (QED) is 0.718. The molecule has 2 aromatic rings. The Labute approximate surface area is 154 Å². The summed E-state index contributed by atoms with van der Waals surface area (Å²) in [6.07, 6.45) is 1.00. The first-order valence-corrected chi connectivity index (χ1v) is 8.86. The number of amides is 1. The van der Waals surface area contributed by atoms with Crippen LogP contribution in [0.1, 0.15) is 31.4 Å². The van der Waals surface area contributed by atoms with Crippen molar-refractivity contribution in [1.82, 2.24) is 0 Å². The molecule has 0 heterocycles. The zero-order valence-electron chi connectivity index (χ0n) is 14.9. The van der Waals surface area contributed by atoms with Crippen molar-refractivity contribution >= 4 is 23.2 Å². The van der Waals surface area contributed by atoms with Crippen molar-refractivity contribution in [3.05, 3.63) is 52.5 Å². The molecule has 0 saturated carbocycles. The monoisotopic (exact) mass is 361 g/mol. The summed E-state index contributed by atoms with van der Waals surface area (Å²) in [6.45, 7) is 6.91. The van der Waals surface area contributed by atoms with Gasteiger partial charge in [-0.3, -0.25) is 4.79 Å². The van der Waals surface area contributed by atoms with E-state index >= 15 is 0 Å². The maximum atomic E-state index is 12.2. The van der Waals surface area contributed by atoms with Gasteiger partial charge in [0.1, 0.15) is 0 Å². The first kappa shape index (κ1) is 19.1. The predicted molar refractivity (Wildman–Crippen MR) is 102 cm³/mol. The molecule has 0 radical (unpaired) electrons. The third-order valence-electron chi connectivity index (χ3n) is 3.79. The lowest BCUT2D eigenvalue weighted by Crippen LogP contribution is -2.13. The van der Waals surface area contributed by atoms with Gasteiger partial charge in [0.05, 0.1) is 13.2 Å². The lowest BCUT2D eigenvalue weighted by atomic mass is 10.1. The number of halogens is 1. The van der Waals surface area contributed by atoms with Gasteiger partial charge >= 0.3 is 0 Å². The Balaban J connectivity index is 1.99. The number of aryl methyl sites for hydroxylation is 1. The van der Waals surface area contributed by atoms with E-state index in [1.54, 1.807) is 0 Å². The van der Waals surface area contributed by atoms with Crippen LogP contribution in [0.2, 0.25) is 5.02 Å². The molecular weight excluding hydrogens is 338 g/mol. The standard InChI is InChI=1S/C20H24ClNO3/c1-4-24-18-11-9-15(13-19(18)25-5-2)10-12-20(23)22-17-8-6-7-16(21)14(17)3/h6-9,11,13H,4-5,10,12H2,1-3H3,(H,22,23). The van der Waals surface area contributed by atoms with E-state index in [4.69, 9.17) is 21.1 Å². The van der Waals surface area contributed by atoms with Crippen molar-refractivity contribution in [2.24, 2.45) is 0 Å². The molecule has 0 unspecified atom stereocenters. The number of nitrogens with one attached hydrogen (secondary N) is 1. The number of carbonyl (C=O) groups is 1. The minimum Gasteiger partial charge on any atom is -0.490 e. The molecule has 0 aliphatic rings. The van der Waals surface area contributed by atoms with Gasteiger partial charge in [-0.2, -0.15) is 0 Å². The smallest absolute Gasteiger partial charge is 0.224 e. The van der Waals surface area contributed by atoms with E-state index in [2.05, 4.69) is 5.32 Å². The van der Waals surface area contributed by atoms with E-state index in [0.717, 1.165) is 22.6 Å². The van der Waals surface area contributed by atoms with Crippen LogP contribution in [-0.2, 0) is 11.2 Å². The maximum Gasteiger partial charge on any atom is 0.224 e. The number of hydrogen-bond acceptors (Lipinski definition) is 3. The molecule has 0 fully saturated rings. The molecule has 134 valence electrons. The predicted octanol–water partition coefficient (Wildman–Crippen LogP) is 5.02. The average molecular weight is 362 g/mol. The van der Waals surface area contributed by atoms with Gasteiger partial charge in [-0.1, -0.05) is 23.7 Å². The van der Waals surface area contributed by atoms with Crippen LogP contribution in [0, 0.1) is 6.92 Å². The summed E-state index contributed by atoms with van der Waals surface area (Å²) in [4.78, 5) is 12.2. The van der Waals surface area contributed by atoms with Crippen LogP contribution in [0.4, 0.5) is 5.69 Å². The van der Waals surface area contributed by atoms with Gasteiger partial charge < -0.3 is 14.8 Å². The molecule has 0 spiro atoms. The van der Waals surface area contributed by atoms with Crippen molar-refractivity contribution < 1.29 is 14.3 Å². The molecule has 2 rings (SSSR count). The SMILES string of the molecule is CCOc1ccc(CCC(=O)Nc2cccc(Cl)c2C)cc1OCC. The van der Waals surface area contributed by atoms with Crippen LogP contribution in [0.25, 0.3) is 0 Å². The third kappa shape index (κ3) is 5.40. The maximum absolute atomic E-state index is 12.2. The fourth-order valence-corrected chi connectivity index (χ4v) is 2.64. The Morgan fingerprint density at radius 1 is 1.08 bits per heavy atom. The van der Waals surface area contributed by atoms with Crippen LogP contribution in [0.3, 0.4) is 0 Å². The number of ether oxygens (including phenoxy) is 2. The highest BCUT2D eigenvalue weighted by Crippen LogP contribution is 2.29. The molecule has 0 bridgehead atoms. The average Bonchev–Trinajstić information content (AvgIpc) is 2.59. The molecule has 2 aromatic carbocycles. The zero-order valence-corrected chi connectivity index (χ0v) is 15.7. The highest BCUT2D eigenvalue weighted by molar-refractivity contribution is 6.31. The molecule has 5 heteroatoms. The summed E-state index contributed by atoms with van der Waals surface area (Å²) in [5.41, 5.74) is 2.65. The summed E-state index contributed by atoms with van der Waals surface area (Å²) in [7, 11) is 0. The van der Waals surface area contributed by atoms with Gasteiger partial charge in [0.15, 0.2) is 11.5 Å². The fraction of sp³-hybridized carbons (Fsp3) is 0.350. The first-order chi connectivity index (χ1) is 12.0. The second-order valence-electron chi connectivity index (χ2n) is 5.61. The topological polar surface area (TPSA) is 47.6 Å². The summed E-state index contributed by atoms with van der Waals surface area (Å²) < 4.78 is 11.2. The van der Waals surface area contributed by atoms with Crippen LogP contribution < -0.4 is 14.8 Å². The second kappa shape index (κ2) is 9.33. The van der Waals surface area contributed by atoms with Crippen molar-refractivity contribution in [2.75, 3.05) is 18.5 Å². The van der Waals surface area contributed by atoms with Crippen LogP contribution in [-0.4, -0.2) is 19.1 Å². The van der Waals surface area contributed by atoms with Crippen molar-refractivity contribution in [3.8, 4) is 11.5 Å². The number of benzene rings is 2. The minimum atomic E-state index is -0.0442. The van der Waals surface area contributed by atoms with E-state index in [1.165, 1.54) is 0 Å². The molecule has 0 aliphatic carbocycles. The van der Waals surface area contributed by atoms with Crippen LogP contribution in [0.5, 0.6) is 11.5 Å². The minimum absolute atomic E-state index is 0.0442. The Kier molecular flexibility index (Phi) is 7.14. The van der Waals surface area contributed by atoms with E-state index in [9.17, 15) is 4.79 Å². The molecular formula is C20H24ClNO3. The van der Waals surface area contributed by atoms with Gasteiger partial charge in [0.2, 0.25) is 5.91 Å². The Morgan fingerprint density at radius 3 is 2.52 bits per heavy atom. The number of carbonyl (C=O) groups excluding carboxylic acids is 1. The normalized spacial score (nSPS) is 10.4. The van der Waals surface area contributed by atoms with Gasteiger partial charge in [-0.05, 0) is 62.6 Å². The Bertz CT molecular complexity index is 731. The number of rotatable bonds is 8. The second-order valence-corrected chi connectivity index (χ2v) is 6.01. The van der Waals surface area contributed by atoms with E-state index < -0.39 is 0 Å². The zero-order chi connectivity index (χ0) is 18.2. The lowest BCUT2D eigenvalue weighted by molar-refractivity contribution is -0.116. The van der Waals surface area contributed by atoms with Crippen molar-refractivity contribution in [3.63, 3.8) is 0 Å². The van der Waals surface area contributed by atoms with E-state index in [1.807, 2.05) is 57.2 Å². The molecule has 25 heavy (non-hydrogen) atoms.